The summed E-state index contributed by atoms with van der Waals surface area (Å²) in [7, 11) is 0. The van der Waals surface area contributed by atoms with Gasteiger partial charge in [-0.1, -0.05) is 0 Å². The lowest BCUT2D eigenvalue weighted by Gasteiger charge is -1.86. The molecule has 0 aliphatic heterocycles. The Labute approximate surface area is 78.1 Å². The normalized spacial score (nSPS) is 11.1. The maximum Gasteiger partial charge on any atom is 0.147 e. The molecule has 3 nitrogen and oxygen atoms in total. The summed E-state index contributed by atoms with van der Waals surface area (Å²) in [5.74, 6) is 0. The van der Waals surface area contributed by atoms with Crippen LogP contribution in [0.25, 0.3) is 20.3 Å². The Morgan fingerprint density at radius 3 is 3.08 bits per heavy atom. The van der Waals surface area contributed by atoms with Crippen molar-refractivity contribution in [3.8, 4) is 0 Å². The molecule has 0 saturated heterocycles. The van der Waals surface area contributed by atoms with Gasteiger partial charge in [0.1, 0.15) is 4.83 Å². The smallest absolute Gasteiger partial charge is 0.147 e. The lowest BCUT2D eigenvalue weighted by atomic mass is 10.2. The molecule has 0 aliphatic carbocycles. The molecule has 0 aromatic carbocycles. The molecule has 0 atom stereocenters. The minimum atomic E-state index is 0.977. The highest BCUT2D eigenvalue weighted by atomic mass is 32.1. The summed E-state index contributed by atoms with van der Waals surface area (Å²) in [6.45, 7) is 0. The van der Waals surface area contributed by atoms with Gasteiger partial charge in [0.25, 0.3) is 0 Å². The second kappa shape index (κ2) is 2.47. The van der Waals surface area contributed by atoms with Crippen molar-refractivity contribution in [3.63, 3.8) is 0 Å². The molecule has 0 aliphatic rings. The molecule has 0 unspecified atom stereocenters. The van der Waals surface area contributed by atoms with Crippen molar-refractivity contribution in [2.24, 2.45) is 0 Å². The molecule has 3 heterocycles. The lowest BCUT2D eigenvalue weighted by molar-refractivity contribution is 1.09. The van der Waals surface area contributed by atoms with Crippen LogP contribution in [0.1, 0.15) is 0 Å². The van der Waals surface area contributed by atoms with Gasteiger partial charge in [0.15, 0.2) is 0 Å². The number of rotatable bonds is 0. The second-order valence-electron chi connectivity index (χ2n) is 2.72. The quantitative estimate of drug-likeness (QED) is 0.541. The van der Waals surface area contributed by atoms with Crippen molar-refractivity contribution in [2.45, 2.75) is 0 Å². The Balaban J connectivity index is 2.64. The number of hydrogen-bond donors (Lipinski definition) is 0. The van der Waals surface area contributed by atoms with Gasteiger partial charge in [-0.15, -0.1) is 16.4 Å². The van der Waals surface area contributed by atoms with Crippen LogP contribution in [0.4, 0.5) is 0 Å². The predicted molar refractivity (Wildman–Crippen MR) is 52.7 cm³/mol. The molecule has 13 heavy (non-hydrogen) atoms. The number of aromatic nitrogens is 3. The van der Waals surface area contributed by atoms with Crippen molar-refractivity contribution < 1.29 is 0 Å². The third-order valence-corrected chi connectivity index (χ3v) is 3.04. The predicted octanol–water partition coefficient (Wildman–Crippen LogP) is 2.24. The zero-order valence-corrected chi connectivity index (χ0v) is 7.45. The van der Waals surface area contributed by atoms with E-state index in [-0.39, 0.29) is 0 Å². The number of fused-ring (bicyclic) bond motifs is 3. The Morgan fingerprint density at radius 2 is 2.08 bits per heavy atom. The monoisotopic (exact) mass is 187 g/mol. The molecule has 62 valence electrons. The van der Waals surface area contributed by atoms with Crippen molar-refractivity contribution in [3.05, 3.63) is 30.7 Å². The zero-order valence-electron chi connectivity index (χ0n) is 6.64. The van der Waals surface area contributed by atoms with Gasteiger partial charge in [-0.2, -0.15) is 5.10 Å². The topological polar surface area (TPSA) is 38.7 Å². The minimum absolute atomic E-state index is 0.977. The van der Waals surface area contributed by atoms with Gasteiger partial charge in [0.2, 0.25) is 0 Å². The summed E-state index contributed by atoms with van der Waals surface area (Å²) in [4.78, 5) is 5.07. The fourth-order valence-corrected chi connectivity index (χ4v) is 2.36. The van der Waals surface area contributed by atoms with Crippen LogP contribution in [0, 0.1) is 0 Å². The first kappa shape index (κ1) is 6.91. The van der Waals surface area contributed by atoms with E-state index in [4.69, 9.17) is 0 Å². The number of nitrogens with zero attached hydrogens (tertiary/aromatic N) is 3. The van der Waals surface area contributed by atoms with Crippen molar-refractivity contribution >= 4 is 31.6 Å². The molecular formula is C9H5N3S. The van der Waals surface area contributed by atoms with E-state index in [9.17, 15) is 0 Å². The second-order valence-corrected chi connectivity index (χ2v) is 3.75. The molecule has 4 heteroatoms. The Morgan fingerprint density at radius 1 is 1.08 bits per heavy atom. The summed E-state index contributed by atoms with van der Waals surface area (Å²) in [6.07, 6.45) is 5.38. The first-order chi connectivity index (χ1) is 6.45. The van der Waals surface area contributed by atoms with E-state index in [0.717, 1.165) is 15.6 Å². The summed E-state index contributed by atoms with van der Waals surface area (Å²) < 4.78 is 1.21. The van der Waals surface area contributed by atoms with E-state index in [0.29, 0.717) is 0 Å². The Bertz CT molecular complexity index is 523. The van der Waals surface area contributed by atoms with E-state index < -0.39 is 0 Å². The van der Waals surface area contributed by atoms with Gasteiger partial charge < -0.3 is 0 Å². The maximum atomic E-state index is 4.09. The maximum absolute atomic E-state index is 4.09. The van der Waals surface area contributed by atoms with Gasteiger partial charge in [0.05, 0.1) is 6.20 Å². The van der Waals surface area contributed by atoms with E-state index >= 15 is 0 Å². The van der Waals surface area contributed by atoms with Gasteiger partial charge in [-0.3, -0.25) is 4.98 Å². The summed E-state index contributed by atoms with van der Waals surface area (Å²) in [6, 6.07) is 3.98. The molecular weight excluding hydrogens is 182 g/mol. The van der Waals surface area contributed by atoms with Crippen LogP contribution in [0.3, 0.4) is 0 Å². The summed E-state index contributed by atoms with van der Waals surface area (Å²) in [5, 5.41) is 10.2. The van der Waals surface area contributed by atoms with Crippen LogP contribution in [0.15, 0.2) is 30.7 Å². The van der Waals surface area contributed by atoms with Crippen LogP contribution in [0.2, 0.25) is 0 Å². The average Bonchev–Trinajstić information content (AvgIpc) is 2.56. The van der Waals surface area contributed by atoms with Gasteiger partial charge in [-0.25, -0.2) is 0 Å². The first-order valence-corrected chi connectivity index (χ1v) is 4.71. The molecule has 3 rings (SSSR count). The van der Waals surface area contributed by atoms with Crippen LogP contribution < -0.4 is 0 Å². The highest BCUT2D eigenvalue weighted by molar-refractivity contribution is 7.25. The average molecular weight is 187 g/mol. The minimum Gasteiger partial charge on any atom is -0.264 e. The third-order valence-electron chi connectivity index (χ3n) is 1.96. The molecule has 3 aromatic rings. The molecule has 0 spiro atoms. The standard InChI is InChI=1S/C9H5N3S/c1-4-11-12-9-6(1)7-5-10-3-2-8(7)13-9/h1-5H. The van der Waals surface area contributed by atoms with Gasteiger partial charge >= 0.3 is 0 Å². The SMILES string of the molecule is c1cc2sc3nnccc3c2cn1. The largest absolute Gasteiger partial charge is 0.264 e. The molecule has 0 radical (unpaired) electrons. The van der Waals surface area contributed by atoms with Crippen molar-refractivity contribution in [2.75, 3.05) is 0 Å². The fourth-order valence-electron chi connectivity index (χ4n) is 1.38. The summed E-state index contributed by atoms with van der Waals surface area (Å²) in [5.41, 5.74) is 0. The number of hydrogen-bond acceptors (Lipinski definition) is 4. The van der Waals surface area contributed by atoms with Crippen molar-refractivity contribution in [1.82, 2.24) is 15.2 Å². The van der Waals surface area contributed by atoms with Crippen molar-refractivity contribution in [1.29, 1.82) is 0 Å². The molecule has 0 bridgehead atoms. The highest BCUT2D eigenvalue weighted by Crippen LogP contribution is 2.30. The van der Waals surface area contributed by atoms with Gasteiger partial charge in [0, 0.05) is 27.9 Å². The first-order valence-electron chi connectivity index (χ1n) is 3.89. The zero-order chi connectivity index (χ0) is 8.67. The van der Waals surface area contributed by atoms with Crippen LogP contribution >= 0.6 is 11.3 Å². The highest BCUT2D eigenvalue weighted by Gasteiger charge is 2.04. The van der Waals surface area contributed by atoms with Gasteiger partial charge in [-0.05, 0) is 12.1 Å². The van der Waals surface area contributed by atoms with E-state index in [1.54, 1.807) is 23.7 Å². The lowest BCUT2D eigenvalue weighted by Crippen LogP contribution is -1.75. The Hall–Kier alpha value is -1.55. The fraction of sp³-hybridized carbons (Fsp3) is 0. The summed E-state index contributed by atoms with van der Waals surface area (Å²) >= 11 is 1.65. The molecule has 0 saturated carbocycles. The van der Waals surface area contributed by atoms with Crippen LogP contribution in [0.5, 0.6) is 0 Å². The molecule has 0 N–H and O–H groups in total. The molecule has 0 amide bonds. The Kier molecular flexibility index (Phi) is 1.31. The number of pyridine rings is 1. The number of thiophene rings is 1. The molecule has 0 fully saturated rings. The molecule has 3 aromatic heterocycles. The van der Waals surface area contributed by atoms with E-state index in [1.165, 1.54) is 4.70 Å². The van der Waals surface area contributed by atoms with E-state index in [2.05, 4.69) is 15.2 Å². The van der Waals surface area contributed by atoms with Crippen LogP contribution in [-0.2, 0) is 0 Å². The third kappa shape index (κ3) is 0.922. The van der Waals surface area contributed by atoms with Crippen LogP contribution in [-0.4, -0.2) is 15.2 Å². The van der Waals surface area contributed by atoms with E-state index in [1.807, 2.05) is 18.3 Å².